The van der Waals surface area contributed by atoms with Gasteiger partial charge in [0, 0.05) is 12.6 Å². The second kappa shape index (κ2) is 4.06. The van der Waals surface area contributed by atoms with Gasteiger partial charge in [-0.2, -0.15) is 0 Å². The van der Waals surface area contributed by atoms with Crippen LogP contribution in [0.15, 0.2) is 0 Å². The molecule has 2 saturated carbocycles. The van der Waals surface area contributed by atoms with Crippen LogP contribution in [0.1, 0.15) is 46.5 Å². The first kappa shape index (κ1) is 11.4. The quantitative estimate of drug-likeness (QED) is 0.771. The lowest BCUT2D eigenvalue weighted by Crippen LogP contribution is -2.37. The van der Waals surface area contributed by atoms with Gasteiger partial charge in [0.15, 0.2) is 0 Å². The number of aliphatic hydroxyl groups excluding tert-OH is 1. The Morgan fingerprint density at radius 1 is 1.27 bits per heavy atom. The normalized spacial score (nSPS) is 35.0. The van der Waals surface area contributed by atoms with E-state index < -0.39 is 0 Å². The lowest BCUT2D eigenvalue weighted by atomic mass is 9.87. The summed E-state index contributed by atoms with van der Waals surface area (Å²) in [7, 11) is 0. The summed E-state index contributed by atoms with van der Waals surface area (Å²) in [6.45, 7) is 8.90. The second-order valence-corrected chi connectivity index (χ2v) is 6.05. The molecular formula is C13H25NO. The fourth-order valence-electron chi connectivity index (χ4n) is 2.97. The molecule has 88 valence electrons. The Kier molecular flexibility index (Phi) is 3.09. The molecule has 2 aliphatic carbocycles. The predicted molar refractivity (Wildman–Crippen MR) is 62.8 cm³/mol. The summed E-state index contributed by atoms with van der Waals surface area (Å²) in [4.78, 5) is 2.56. The molecular weight excluding hydrogens is 186 g/mol. The van der Waals surface area contributed by atoms with Crippen LogP contribution in [-0.4, -0.2) is 35.2 Å². The van der Waals surface area contributed by atoms with Crippen LogP contribution >= 0.6 is 0 Å². The van der Waals surface area contributed by atoms with E-state index in [1.54, 1.807) is 0 Å². The Balaban J connectivity index is 1.89. The van der Waals surface area contributed by atoms with Gasteiger partial charge in [0.2, 0.25) is 0 Å². The summed E-state index contributed by atoms with van der Waals surface area (Å²) < 4.78 is 0. The van der Waals surface area contributed by atoms with Crippen molar-refractivity contribution in [2.75, 3.05) is 13.1 Å². The van der Waals surface area contributed by atoms with Gasteiger partial charge >= 0.3 is 0 Å². The third-order valence-corrected chi connectivity index (χ3v) is 4.35. The van der Waals surface area contributed by atoms with E-state index in [1.165, 1.54) is 25.7 Å². The molecule has 0 heterocycles. The zero-order valence-corrected chi connectivity index (χ0v) is 10.4. The monoisotopic (exact) mass is 211 g/mol. The van der Waals surface area contributed by atoms with Crippen molar-refractivity contribution in [1.29, 1.82) is 0 Å². The van der Waals surface area contributed by atoms with Crippen molar-refractivity contribution in [3.63, 3.8) is 0 Å². The number of aliphatic hydroxyl groups is 1. The van der Waals surface area contributed by atoms with Crippen LogP contribution in [0.2, 0.25) is 0 Å². The Hall–Kier alpha value is -0.0800. The zero-order valence-electron chi connectivity index (χ0n) is 10.4. The van der Waals surface area contributed by atoms with E-state index in [1.807, 2.05) is 0 Å². The van der Waals surface area contributed by atoms with E-state index in [2.05, 4.69) is 25.7 Å². The molecule has 2 rings (SSSR count). The average Bonchev–Trinajstić information content (AvgIpc) is 2.97. The van der Waals surface area contributed by atoms with E-state index in [4.69, 9.17) is 0 Å². The van der Waals surface area contributed by atoms with Crippen LogP contribution in [0.5, 0.6) is 0 Å². The topological polar surface area (TPSA) is 23.5 Å². The molecule has 1 N–H and O–H groups in total. The summed E-state index contributed by atoms with van der Waals surface area (Å²) in [5.41, 5.74) is 0.146. The van der Waals surface area contributed by atoms with Gasteiger partial charge in [0.05, 0.1) is 6.10 Å². The number of nitrogens with zero attached hydrogens (tertiary/aromatic N) is 1. The Bertz CT molecular complexity index is 223. The average molecular weight is 211 g/mol. The zero-order chi connectivity index (χ0) is 11.1. The van der Waals surface area contributed by atoms with Crippen molar-refractivity contribution >= 4 is 0 Å². The van der Waals surface area contributed by atoms with Gasteiger partial charge in [0.1, 0.15) is 0 Å². The van der Waals surface area contributed by atoms with Gasteiger partial charge in [-0.05, 0) is 43.6 Å². The van der Waals surface area contributed by atoms with Crippen LogP contribution in [-0.2, 0) is 0 Å². The first-order valence-electron chi connectivity index (χ1n) is 6.46. The third-order valence-electron chi connectivity index (χ3n) is 4.35. The highest BCUT2D eigenvalue weighted by molar-refractivity contribution is 4.94. The van der Waals surface area contributed by atoms with E-state index >= 15 is 0 Å². The molecule has 2 heteroatoms. The maximum absolute atomic E-state index is 10.2. The smallest absolute Gasteiger partial charge is 0.0631 e. The molecule has 2 nitrogen and oxygen atoms in total. The molecule has 0 bridgehead atoms. The van der Waals surface area contributed by atoms with Crippen molar-refractivity contribution in [2.24, 2.45) is 11.3 Å². The fourth-order valence-corrected chi connectivity index (χ4v) is 2.97. The number of hydrogen-bond acceptors (Lipinski definition) is 2. The summed E-state index contributed by atoms with van der Waals surface area (Å²) in [5.74, 6) is 0.514. The first-order chi connectivity index (χ1) is 7.04. The summed E-state index contributed by atoms with van der Waals surface area (Å²) in [6.07, 6.45) is 5.05. The maximum atomic E-state index is 10.2. The molecule has 0 saturated heterocycles. The molecule has 2 unspecified atom stereocenters. The molecule has 2 atom stereocenters. The predicted octanol–water partition coefficient (Wildman–Crippen LogP) is 2.27. The van der Waals surface area contributed by atoms with Crippen LogP contribution in [0.3, 0.4) is 0 Å². The lowest BCUT2D eigenvalue weighted by molar-refractivity contribution is 0.0322. The largest absolute Gasteiger partial charge is 0.392 e. The molecule has 0 aliphatic heterocycles. The van der Waals surface area contributed by atoms with Gasteiger partial charge in [-0.15, -0.1) is 0 Å². The highest BCUT2D eigenvalue weighted by Crippen LogP contribution is 2.42. The van der Waals surface area contributed by atoms with Gasteiger partial charge in [-0.1, -0.05) is 20.8 Å². The van der Waals surface area contributed by atoms with Crippen LogP contribution in [0.25, 0.3) is 0 Å². The minimum atomic E-state index is -0.0923. The van der Waals surface area contributed by atoms with Crippen molar-refractivity contribution < 1.29 is 5.11 Å². The highest BCUT2D eigenvalue weighted by Gasteiger charge is 2.42. The van der Waals surface area contributed by atoms with E-state index in [0.29, 0.717) is 5.92 Å². The molecule has 2 fully saturated rings. The number of rotatable bonds is 4. The Labute approximate surface area is 93.7 Å². The van der Waals surface area contributed by atoms with E-state index in [0.717, 1.165) is 19.1 Å². The van der Waals surface area contributed by atoms with Crippen molar-refractivity contribution in [2.45, 2.75) is 58.6 Å². The molecule has 0 aromatic heterocycles. The maximum Gasteiger partial charge on any atom is 0.0631 e. The van der Waals surface area contributed by atoms with E-state index in [-0.39, 0.29) is 11.5 Å². The Morgan fingerprint density at radius 3 is 2.33 bits per heavy atom. The van der Waals surface area contributed by atoms with Crippen LogP contribution in [0.4, 0.5) is 0 Å². The summed E-state index contributed by atoms with van der Waals surface area (Å²) in [5, 5.41) is 10.2. The van der Waals surface area contributed by atoms with Crippen molar-refractivity contribution in [1.82, 2.24) is 4.90 Å². The van der Waals surface area contributed by atoms with Gasteiger partial charge in [0.25, 0.3) is 0 Å². The van der Waals surface area contributed by atoms with Crippen LogP contribution < -0.4 is 0 Å². The molecule has 0 aromatic carbocycles. The van der Waals surface area contributed by atoms with Gasteiger partial charge in [-0.3, -0.25) is 0 Å². The van der Waals surface area contributed by atoms with Crippen LogP contribution in [0, 0.1) is 11.3 Å². The third kappa shape index (κ3) is 2.36. The lowest BCUT2D eigenvalue weighted by Gasteiger charge is -2.29. The van der Waals surface area contributed by atoms with Gasteiger partial charge < -0.3 is 10.0 Å². The van der Waals surface area contributed by atoms with Crippen molar-refractivity contribution in [3.05, 3.63) is 0 Å². The molecule has 15 heavy (non-hydrogen) atoms. The summed E-state index contributed by atoms with van der Waals surface area (Å²) in [6, 6.07) is 0.839. The fraction of sp³-hybridized carbons (Fsp3) is 1.00. The summed E-state index contributed by atoms with van der Waals surface area (Å²) >= 11 is 0. The SMILES string of the molecule is CCN(CC1CCC(C)(C)C1O)C1CC1. The Morgan fingerprint density at radius 2 is 1.93 bits per heavy atom. The minimum Gasteiger partial charge on any atom is -0.392 e. The number of hydrogen-bond donors (Lipinski definition) is 1. The van der Waals surface area contributed by atoms with E-state index in [9.17, 15) is 5.11 Å². The van der Waals surface area contributed by atoms with Crippen molar-refractivity contribution in [3.8, 4) is 0 Å². The molecule has 0 spiro atoms. The standard InChI is InChI=1S/C13H25NO/c1-4-14(11-5-6-11)9-10-7-8-13(2,3)12(10)15/h10-12,15H,4-9H2,1-3H3. The molecule has 0 radical (unpaired) electrons. The highest BCUT2D eigenvalue weighted by atomic mass is 16.3. The first-order valence-corrected chi connectivity index (χ1v) is 6.46. The van der Waals surface area contributed by atoms with Gasteiger partial charge in [-0.25, -0.2) is 0 Å². The molecule has 2 aliphatic rings. The second-order valence-electron chi connectivity index (χ2n) is 6.05. The minimum absolute atomic E-state index is 0.0923. The molecule has 0 amide bonds. The molecule has 0 aromatic rings.